The average molecular weight is 506 g/mol. The van der Waals surface area contributed by atoms with Gasteiger partial charge in [-0.3, -0.25) is 0 Å². The van der Waals surface area contributed by atoms with Crippen molar-refractivity contribution in [1.29, 1.82) is 0 Å². The van der Waals surface area contributed by atoms with E-state index in [0.29, 0.717) is 0 Å². The van der Waals surface area contributed by atoms with E-state index < -0.39 is 82.4 Å². The fourth-order valence-electron chi connectivity index (χ4n) is 2.57. The Kier molecular flexibility index (Phi) is 21.2. The van der Waals surface area contributed by atoms with E-state index in [9.17, 15) is 35.7 Å². The van der Waals surface area contributed by atoms with Gasteiger partial charge in [-0.1, -0.05) is 0 Å². The zero-order chi connectivity index (χ0) is 21.8. The SMILES string of the molecule is O=P([O-])([O-])[O-].OC[C@H]1O[C@@H](O[C@H]2[C@H](O)[C@@H](O)C(O)O[C@@H]2CO)[C@H](O)[C@@H](O)[C@H]1O.[Na+].[Na+].[Na+]. The van der Waals surface area contributed by atoms with Gasteiger partial charge < -0.3 is 74.3 Å². The topological polar surface area (TPSA) is 276 Å². The quantitative estimate of drug-likeness (QED) is 0.130. The van der Waals surface area contributed by atoms with Crippen molar-refractivity contribution in [3.63, 3.8) is 0 Å². The Morgan fingerprint density at radius 1 is 0.710 bits per heavy atom. The van der Waals surface area contributed by atoms with Crippen LogP contribution in [0.2, 0.25) is 0 Å². The summed E-state index contributed by atoms with van der Waals surface area (Å²) in [7, 11) is -5.39. The third-order valence-electron chi connectivity index (χ3n) is 3.98. The molecular weight excluding hydrogens is 484 g/mol. The Morgan fingerprint density at radius 2 is 1.16 bits per heavy atom. The van der Waals surface area contributed by atoms with Gasteiger partial charge in [-0.05, 0) is 0 Å². The van der Waals surface area contributed by atoms with Crippen molar-refractivity contribution in [2.24, 2.45) is 0 Å². The van der Waals surface area contributed by atoms with E-state index in [1.807, 2.05) is 0 Å². The van der Waals surface area contributed by atoms with Gasteiger partial charge in [-0.15, -0.1) is 0 Å². The van der Waals surface area contributed by atoms with E-state index in [1.54, 1.807) is 0 Å². The van der Waals surface area contributed by atoms with Crippen LogP contribution < -0.4 is 103 Å². The van der Waals surface area contributed by atoms with Gasteiger partial charge in [-0.25, -0.2) is 0 Å². The molecule has 2 saturated heterocycles. The zero-order valence-corrected chi connectivity index (χ0v) is 24.0. The smallest absolute Gasteiger partial charge is 0.822 e. The van der Waals surface area contributed by atoms with Gasteiger partial charge in [0.25, 0.3) is 0 Å². The molecule has 31 heavy (non-hydrogen) atoms. The number of aliphatic hydroxyl groups is 8. The molecule has 2 heterocycles. The molecule has 0 saturated carbocycles. The van der Waals surface area contributed by atoms with Crippen LogP contribution in [0.3, 0.4) is 0 Å². The Morgan fingerprint density at radius 3 is 1.58 bits per heavy atom. The van der Waals surface area contributed by atoms with Gasteiger partial charge >= 0.3 is 88.7 Å². The molecule has 0 aromatic heterocycles. The Bertz CT molecular complexity index is 517. The maximum Gasteiger partial charge on any atom is 1.00 e. The number of phosphoric acid groups is 1. The fourth-order valence-corrected chi connectivity index (χ4v) is 2.57. The van der Waals surface area contributed by atoms with E-state index in [-0.39, 0.29) is 88.7 Å². The summed E-state index contributed by atoms with van der Waals surface area (Å²) in [5.41, 5.74) is 0. The van der Waals surface area contributed by atoms with Crippen molar-refractivity contribution in [2.45, 2.75) is 61.4 Å². The van der Waals surface area contributed by atoms with E-state index >= 15 is 0 Å². The maximum atomic E-state index is 9.94. The van der Waals surface area contributed by atoms with Crippen LogP contribution in [0.25, 0.3) is 0 Å². The Balaban J connectivity index is -0.000000883. The third kappa shape index (κ3) is 12.0. The predicted octanol–water partition coefficient (Wildman–Crippen LogP) is -17.2. The standard InChI is InChI=1S/C12H22O11.3Na.H3O4P/c13-1-3-5(15)6(16)9(19)12(22-3)23-10-4(2-14)21-11(20)8(18)7(10)17;;;;1-5(2,3)4/h3-20H,1-2H2;;;;(H3,1,2,3,4)/q;3*+1;/p-3/t3-,4-,5+,6+,7-,8-,9-,10-,11?,12+;;;;/m1..../s1. The van der Waals surface area contributed by atoms with Crippen molar-refractivity contribution in [3.05, 3.63) is 0 Å². The number of ether oxygens (including phenoxy) is 3. The zero-order valence-electron chi connectivity index (χ0n) is 17.1. The number of hydrogen-bond donors (Lipinski definition) is 8. The van der Waals surface area contributed by atoms with Gasteiger partial charge in [0.05, 0.1) is 13.2 Å². The van der Waals surface area contributed by atoms with Crippen LogP contribution in [0, 0.1) is 0 Å². The van der Waals surface area contributed by atoms with Crippen LogP contribution in [0.1, 0.15) is 0 Å². The Hall–Kier alpha value is 2.67. The summed E-state index contributed by atoms with van der Waals surface area (Å²) in [5.74, 6) is 0. The molecule has 1 unspecified atom stereocenters. The van der Waals surface area contributed by atoms with Gasteiger partial charge in [-0.2, -0.15) is 7.82 Å². The molecule has 2 aliphatic rings. The van der Waals surface area contributed by atoms with Crippen LogP contribution in [0.4, 0.5) is 0 Å². The molecule has 0 aromatic rings. The fraction of sp³-hybridized carbons (Fsp3) is 1.00. The molecule has 2 rings (SSSR count). The predicted molar refractivity (Wildman–Crippen MR) is 76.2 cm³/mol. The van der Waals surface area contributed by atoms with Crippen molar-refractivity contribution in [3.8, 4) is 0 Å². The summed E-state index contributed by atoms with van der Waals surface area (Å²) in [6.45, 7) is -1.35. The van der Waals surface area contributed by atoms with E-state index in [0.717, 1.165) is 0 Å². The molecule has 0 amide bonds. The summed E-state index contributed by atoms with van der Waals surface area (Å²) in [4.78, 5) is 25.6. The normalized spacial score (nSPS) is 40.2. The summed E-state index contributed by atoms with van der Waals surface area (Å²) in [6, 6.07) is 0. The van der Waals surface area contributed by atoms with Crippen molar-refractivity contribution >= 4 is 7.82 Å². The Labute approximate surface area is 243 Å². The molecule has 19 heteroatoms. The summed E-state index contributed by atoms with van der Waals surface area (Å²) in [5, 5.41) is 76.5. The second-order valence-corrected chi connectivity index (χ2v) is 6.87. The van der Waals surface area contributed by atoms with Gasteiger partial charge in [0.15, 0.2) is 12.6 Å². The van der Waals surface area contributed by atoms with Crippen LogP contribution in [0.15, 0.2) is 0 Å². The molecule has 168 valence electrons. The summed E-state index contributed by atoms with van der Waals surface area (Å²) in [6.07, 6.45) is -15.6. The number of rotatable bonds is 4. The molecular formula is C12H22Na3O15P. The summed E-state index contributed by atoms with van der Waals surface area (Å²) < 4.78 is 23.8. The number of aliphatic hydroxyl groups excluding tert-OH is 8. The molecule has 15 nitrogen and oxygen atoms in total. The first-order valence-electron chi connectivity index (χ1n) is 7.81. The van der Waals surface area contributed by atoms with Gasteiger partial charge in [0.1, 0.15) is 48.8 Å². The van der Waals surface area contributed by atoms with Crippen molar-refractivity contribution in [2.75, 3.05) is 13.2 Å². The molecule has 2 fully saturated rings. The molecule has 8 N–H and O–H groups in total. The molecule has 0 bridgehead atoms. The molecule has 10 atom stereocenters. The summed E-state index contributed by atoms with van der Waals surface area (Å²) >= 11 is 0. The van der Waals surface area contributed by atoms with Crippen LogP contribution in [-0.2, 0) is 18.8 Å². The molecule has 0 aromatic carbocycles. The van der Waals surface area contributed by atoms with Crippen molar-refractivity contribution in [1.82, 2.24) is 0 Å². The minimum atomic E-state index is -5.39. The first kappa shape index (κ1) is 38.2. The molecule has 0 spiro atoms. The average Bonchev–Trinajstić information content (AvgIpc) is 2.60. The second kappa shape index (κ2) is 17.2. The van der Waals surface area contributed by atoms with Crippen LogP contribution in [-0.4, -0.2) is 115 Å². The molecule has 2 aliphatic heterocycles. The first-order chi connectivity index (χ1) is 12.8. The minimum Gasteiger partial charge on any atom is -0.822 e. The van der Waals surface area contributed by atoms with Crippen molar-refractivity contribution < 1.29 is 163 Å². The maximum absolute atomic E-state index is 9.94. The van der Waals surface area contributed by atoms with E-state index in [1.165, 1.54) is 0 Å². The molecule has 0 radical (unpaired) electrons. The number of hydrogen-bond acceptors (Lipinski definition) is 15. The minimum absolute atomic E-state index is 0. The second-order valence-electron chi connectivity index (χ2n) is 5.97. The van der Waals surface area contributed by atoms with Crippen LogP contribution >= 0.6 is 7.82 Å². The van der Waals surface area contributed by atoms with Gasteiger partial charge in [0.2, 0.25) is 0 Å². The van der Waals surface area contributed by atoms with Crippen LogP contribution in [0.5, 0.6) is 0 Å². The largest absolute Gasteiger partial charge is 1.00 e. The first-order valence-corrected chi connectivity index (χ1v) is 9.27. The van der Waals surface area contributed by atoms with E-state index in [4.69, 9.17) is 38.6 Å². The third-order valence-corrected chi connectivity index (χ3v) is 3.98. The monoisotopic (exact) mass is 506 g/mol. The molecule has 0 aliphatic carbocycles. The van der Waals surface area contributed by atoms with E-state index in [2.05, 4.69) is 0 Å². The van der Waals surface area contributed by atoms with Gasteiger partial charge in [0, 0.05) is 0 Å².